The van der Waals surface area contributed by atoms with Gasteiger partial charge in [-0.15, -0.1) is 0 Å². The summed E-state index contributed by atoms with van der Waals surface area (Å²) in [7, 11) is 0. The van der Waals surface area contributed by atoms with Crippen LogP contribution >= 0.6 is 0 Å². The summed E-state index contributed by atoms with van der Waals surface area (Å²) < 4.78 is 0. The summed E-state index contributed by atoms with van der Waals surface area (Å²) in [4.78, 5) is 10.7. The van der Waals surface area contributed by atoms with Gasteiger partial charge in [-0.1, -0.05) is 30.3 Å². The van der Waals surface area contributed by atoms with Gasteiger partial charge in [0.25, 0.3) is 0 Å². The van der Waals surface area contributed by atoms with E-state index in [4.69, 9.17) is 22.3 Å². The SMILES string of the molecule is NC(c1ccccc1)C(N)(N)C(=O)O. The maximum absolute atomic E-state index is 10.7. The van der Waals surface area contributed by atoms with E-state index < -0.39 is 17.7 Å². The van der Waals surface area contributed by atoms with Crippen LogP contribution in [0.4, 0.5) is 0 Å². The maximum atomic E-state index is 10.7. The van der Waals surface area contributed by atoms with E-state index in [2.05, 4.69) is 0 Å². The van der Waals surface area contributed by atoms with Gasteiger partial charge >= 0.3 is 5.97 Å². The summed E-state index contributed by atoms with van der Waals surface area (Å²) >= 11 is 0. The van der Waals surface area contributed by atoms with Crippen LogP contribution in [0.2, 0.25) is 0 Å². The van der Waals surface area contributed by atoms with Crippen molar-refractivity contribution in [2.45, 2.75) is 11.7 Å². The Bertz CT molecular complexity index is 324. The molecule has 1 aromatic rings. The third-order valence-corrected chi connectivity index (χ3v) is 2.04. The lowest BCUT2D eigenvalue weighted by atomic mass is 9.95. The lowest BCUT2D eigenvalue weighted by Crippen LogP contribution is -2.63. The van der Waals surface area contributed by atoms with Crippen molar-refractivity contribution in [3.8, 4) is 0 Å². The lowest BCUT2D eigenvalue weighted by Gasteiger charge is -2.26. The summed E-state index contributed by atoms with van der Waals surface area (Å²) in [6.07, 6.45) is 0. The van der Waals surface area contributed by atoms with Gasteiger partial charge in [0.05, 0.1) is 6.04 Å². The normalized spacial score (nSPS) is 13.6. The summed E-state index contributed by atoms with van der Waals surface area (Å²) in [5.74, 6) is -1.33. The molecule has 7 N–H and O–H groups in total. The Morgan fingerprint density at radius 1 is 1.29 bits per heavy atom. The van der Waals surface area contributed by atoms with Crippen molar-refractivity contribution in [1.82, 2.24) is 0 Å². The first-order valence-electron chi connectivity index (χ1n) is 4.08. The molecule has 0 aliphatic carbocycles. The van der Waals surface area contributed by atoms with Crippen LogP contribution in [-0.4, -0.2) is 16.7 Å². The molecule has 0 spiro atoms. The van der Waals surface area contributed by atoms with Crippen molar-refractivity contribution < 1.29 is 9.90 Å². The second-order valence-electron chi connectivity index (χ2n) is 3.13. The van der Waals surface area contributed by atoms with Crippen LogP contribution < -0.4 is 17.2 Å². The van der Waals surface area contributed by atoms with Gasteiger partial charge in [0.15, 0.2) is 5.66 Å². The molecule has 0 fully saturated rings. The summed E-state index contributed by atoms with van der Waals surface area (Å²) in [6.45, 7) is 0. The highest BCUT2D eigenvalue weighted by Gasteiger charge is 2.36. The monoisotopic (exact) mass is 195 g/mol. The number of nitrogens with two attached hydrogens (primary N) is 3. The number of carboxylic acid groups (broad SMARTS) is 1. The summed E-state index contributed by atoms with van der Waals surface area (Å²) in [6, 6.07) is 7.72. The molecule has 5 nitrogen and oxygen atoms in total. The third kappa shape index (κ3) is 1.90. The Hall–Kier alpha value is -1.43. The van der Waals surface area contributed by atoms with E-state index in [1.165, 1.54) is 0 Å². The number of rotatable bonds is 3. The molecule has 0 aliphatic heterocycles. The standard InChI is InChI=1S/C9H13N3O2/c10-7(9(11,12)8(13)14)6-4-2-1-3-5-6/h1-5,7H,10-12H2,(H,13,14). The molecule has 76 valence electrons. The van der Waals surface area contributed by atoms with Crippen LogP contribution in [0.1, 0.15) is 11.6 Å². The second-order valence-corrected chi connectivity index (χ2v) is 3.13. The molecule has 0 bridgehead atoms. The predicted octanol–water partition coefficient (Wildman–Crippen LogP) is -0.615. The van der Waals surface area contributed by atoms with E-state index in [9.17, 15) is 4.79 Å². The Balaban J connectivity index is 2.96. The van der Waals surface area contributed by atoms with Gasteiger partial charge in [-0.05, 0) is 5.56 Å². The van der Waals surface area contributed by atoms with E-state index in [-0.39, 0.29) is 0 Å². The molecule has 1 aromatic carbocycles. The summed E-state index contributed by atoms with van der Waals surface area (Å²) in [5.41, 5.74) is 15.1. The number of hydrogen-bond donors (Lipinski definition) is 4. The number of hydrogen-bond acceptors (Lipinski definition) is 4. The fourth-order valence-electron chi connectivity index (χ4n) is 1.07. The molecular formula is C9H13N3O2. The minimum Gasteiger partial charge on any atom is -0.479 e. The number of carboxylic acids is 1. The van der Waals surface area contributed by atoms with E-state index >= 15 is 0 Å². The zero-order valence-corrected chi connectivity index (χ0v) is 7.55. The van der Waals surface area contributed by atoms with Crippen LogP contribution in [-0.2, 0) is 4.79 Å². The first-order chi connectivity index (χ1) is 6.46. The maximum Gasteiger partial charge on any atom is 0.340 e. The minimum absolute atomic E-state index is 0.597. The van der Waals surface area contributed by atoms with Crippen molar-refractivity contribution in [3.05, 3.63) is 35.9 Å². The van der Waals surface area contributed by atoms with Crippen LogP contribution in [0, 0.1) is 0 Å². The van der Waals surface area contributed by atoms with Crippen molar-refractivity contribution in [2.24, 2.45) is 17.2 Å². The quantitative estimate of drug-likeness (QED) is 0.480. The van der Waals surface area contributed by atoms with Crippen LogP contribution in [0.3, 0.4) is 0 Å². The Labute approximate surface area is 81.5 Å². The first-order valence-corrected chi connectivity index (χ1v) is 4.08. The van der Waals surface area contributed by atoms with Crippen molar-refractivity contribution in [1.29, 1.82) is 0 Å². The third-order valence-electron chi connectivity index (χ3n) is 2.04. The van der Waals surface area contributed by atoms with Gasteiger partial charge in [0.1, 0.15) is 0 Å². The first kappa shape index (κ1) is 10.6. The molecule has 0 saturated carbocycles. The molecule has 0 heterocycles. The largest absolute Gasteiger partial charge is 0.479 e. The number of benzene rings is 1. The molecule has 1 unspecified atom stereocenters. The lowest BCUT2D eigenvalue weighted by molar-refractivity contribution is -0.144. The number of carbonyl (C=O) groups is 1. The Kier molecular flexibility index (Phi) is 2.85. The zero-order chi connectivity index (χ0) is 10.8. The van der Waals surface area contributed by atoms with Gasteiger partial charge < -0.3 is 22.3 Å². The van der Waals surface area contributed by atoms with Gasteiger partial charge in [0.2, 0.25) is 0 Å². The van der Waals surface area contributed by atoms with Crippen molar-refractivity contribution in [3.63, 3.8) is 0 Å². The van der Waals surface area contributed by atoms with E-state index in [0.29, 0.717) is 5.56 Å². The number of aliphatic carboxylic acids is 1. The Morgan fingerprint density at radius 3 is 2.21 bits per heavy atom. The molecule has 0 aromatic heterocycles. The van der Waals surface area contributed by atoms with E-state index in [1.54, 1.807) is 30.3 Å². The molecule has 0 saturated heterocycles. The zero-order valence-electron chi connectivity index (χ0n) is 7.55. The Morgan fingerprint density at radius 2 is 1.79 bits per heavy atom. The van der Waals surface area contributed by atoms with Gasteiger partial charge in [-0.25, -0.2) is 4.79 Å². The fraction of sp³-hybridized carbons (Fsp3) is 0.222. The highest BCUT2D eigenvalue weighted by molar-refractivity contribution is 5.79. The minimum atomic E-state index is -1.94. The second kappa shape index (κ2) is 3.75. The molecule has 0 aliphatic rings. The van der Waals surface area contributed by atoms with E-state index in [0.717, 1.165) is 0 Å². The molecule has 0 amide bonds. The average Bonchev–Trinajstić information content (AvgIpc) is 2.17. The van der Waals surface area contributed by atoms with E-state index in [1.807, 2.05) is 0 Å². The highest BCUT2D eigenvalue weighted by atomic mass is 16.4. The topological polar surface area (TPSA) is 115 Å². The van der Waals surface area contributed by atoms with Crippen molar-refractivity contribution >= 4 is 5.97 Å². The van der Waals surface area contributed by atoms with Gasteiger partial charge in [-0.3, -0.25) is 0 Å². The van der Waals surface area contributed by atoms with Crippen LogP contribution in [0.15, 0.2) is 30.3 Å². The van der Waals surface area contributed by atoms with Gasteiger partial charge in [0, 0.05) is 0 Å². The molecule has 14 heavy (non-hydrogen) atoms. The van der Waals surface area contributed by atoms with Crippen LogP contribution in [0.5, 0.6) is 0 Å². The average molecular weight is 195 g/mol. The molecular weight excluding hydrogens is 182 g/mol. The van der Waals surface area contributed by atoms with Crippen molar-refractivity contribution in [2.75, 3.05) is 0 Å². The van der Waals surface area contributed by atoms with Crippen LogP contribution in [0.25, 0.3) is 0 Å². The molecule has 0 radical (unpaired) electrons. The summed E-state index contributed by atoms with van der Waals surface area (Å²) in [5, 5.41) is 8.74. The van der Waals surface area contributed by atoms with Gasteiger partial charge in [-0.2, -0.15) is 0 Å². The molecule has 1 atom stereocenters. The molecule has 5 heteroatoms. The molecule has 1 rings (SSSR count). The smallest absolute Gasteiger partial charge is 0.340 e. The fourth-order valence-corrected chi connectivity index (χ4v) is 1.07. The predicted molar refractivity (Wildman–Crippen MR) is 52.1 cm³/mol. The highest BCUT2D eigenvalue weighted by Crippen LogP contribution is 2.17.